The van der Waals surface area contributed by atoms with Gasteiger partial charge in [0.2, 0.25) is 0 Å². The van der Waals surface area contributed by atoms with Crippen LogP contribution in [0.25, 0.3) is 0 Å². The maximum absolute atomic E-state index is 4.37. The first kappa shape index (κ1) is 14.2. The van der Waals surface area contributed by atoms with Crippen LogP contribution in [0.2, 0.25) is 0 Å². The number of aliphatic imine (C=N–C) groups is 1. The van der Waals surface area contributed by atoms with Gasteiger partial charge >= 0.3 is 0 Å². The second-order valence-corrected chi connectivity index (χ2v) is 6.96. The van der Waals surface area contributed by atoms with Gasteiger partial charge in [0, 0.05) is 37.2 Å². The number of guanidine groups is 1. The van der Waals surface area contributed by atoms with Crippen LogP contribution in [0.4, 0.5) is 0 Å². The molecule has 1 aliphatic heterocycles. The fraction of sp³-hybridized carbons (Fsp3) is 0.750. The van der Waals surface area contributed by atoms with Crippen LogP contribution in [0.5, 0.6) is 0 Å². The van der Waals surface area contributed by atoms with Gasteiger partial charge in [-0.05, 0) is 13.8 Å². The topological polar surface area (TPSA) is 58.3 Å². The second kappa shape index (κ2) is 6.27. The highest BCUT2D eigenvalue weighted by Crippen LogP contribution is 2.29. The van der Waals surface area contributed by atoms with Crippen LogP contribution in [-0.2, 0) is 6.54 Å². The Morgan fingerprint density at radius 3 is 3.00 bits per heavy atom. The lowest BCUT2D eigenvalue weighted by Gasteiger charge is -2.39. The lowest BCUT2D eigenvalue weighted by atomic mass is 10.2. The number of rotatable bonds is 3. The normalized spacial score (nSPS) is 19.5. The van der Waals surface area contributed by atoms with E-state index in [-0.39, 0.29) is 0 Å². The number of thioether (sulfide) groups is 1. The zero-order chi connectivity index (χ0) is 13.7. The molecule has 0 radical (unpaired) electrons. The van der Waals surface area contributed by atoms with E-state index in [9.17, 15) is 0 Å². The summed E-state index contributed by atoms with van der Waals surface area (Å²) in [6.07, 6.45) is 3.28. The summed E-state index contributed by atoms with van der Waals surface area (Å²) in [5.41, 5.74) is 0. The minimum Gasteiger partial charge on any atom is -0.354 e. The van der Waals surface area contributed by atoms with Gasteiger partial charge in [0.15, 0.2) is 5.96 Å². The summed E-state index contributed by atoms with van der Waals surface area (Å²) in [5.74, 6) is 2.13. The predicted octanol–water partition coefficient (Wildman–Crippen LogP) is 0.681. The van der Waals surface area contributed by atoms with Crippen LogP contribution in [0, 0.1) is 0 Å². The Bertz CT molecular complexity index is 414. The molecule has 6 nitrogen and oxygen atoms in total. The number of aromatic nitrogens is 3. The summed E-state index contributed by atoms with van der Waals surface area (Å²) in [5, 5.41) is 7.48. The Labute approximate surface area is 118 Å². The van der Waals surface area contributed by atoms with Crippen molar-refractivity contribution in [2.24, 2.45) is 4.99 Å². The molecule has 1 saturated heterocycles. The summed E-state index contributed by atoms with van der Waals surface area (Å²) >= 11 is 2.03. The highest BCUT2D eigenvalue weighted by Gasteiger charge is 2.28. The van der Waals surface area contributed by atoms with E-state index in [2.05, 4.69) is 39.1 Å². The summed E-state index contributed by atoms with van der Waals surface area (Å²) in [4.78, 5) is 10.6. The van der Waals surface area contributed by atoms with Crippen molar-refractivity contribution in [2.75, 3.05) is 32.4 Å². The van der Waals surface area contributed by atoms with Gasteiger partial charge in [-0.15, -0.1) is 0 Å². The Balaban J connectivity index is 1.83. The Kier molecular flexibility index (Phi) is 4.68. The van der Waals surface area contributed by atoms with Gasteiger partial charge in [0.1, 0.15) is 12.7 Å². The molecule has 0 saturated carbocycles. The third kappa shape index (κ3) is 4.12. The standard InChI is InChI=1S/C12H22N6S/c1-12(2)8-17(6-7-19-12)11(13-3)15-4-5-18-10-14-9-16-18/h9-10H,4-8H2,1-3H3,(H,13,15). The zero-order valence-corrected chi connectivity index (χ0v) is 12.7. The maximum Gasteiger partial charge on any atom is 0.193 e. The van der Waals surface area contributed by atoms with E-state index >= 15 is 0 Å². The van der Waals surface area contributed by atoms with Crippen molar-refractivity contribution in [3.8, 4) is 0 Å². The fourth-order valence-electron chi connectivity index (χ4n) is 2.16. The quantitative estimate of drug-likeness (QED) is 0.653. The molecule has 2 rings (SSSR count). The van der Waals surface area contributed by atoms with Crippen LogP contribution in [0.3, 0.4) is 0 Å². The van der Waals surface area contributed by atoms with Gasteiger partial charge in [-0.2, -0.15) is 16.9 Å². The predicted molar refractivity (Wildman–Crippen MR) is 79.5 cm³/mol. The smallest absolute Gasteiger partial charge is 0.193 e. The van der Waals surface area contributed by atoms with Crippen LogP contribution in [0.1, 0.15) is 13.8 Å². The van der Waals surface area contributed by atoms with Crippen molar-refractivity contribution in [3.63, 3.8) is 0 Å². The van der Waals surface area contributed by atoms with E-state index < -0.39 is 0 Å². The number of nitrogens with zero attached hydrogens (tertiary/aromatic N) is 5. The molecular weight excluding hydrogens is 260 g/mol. The van der Waals surface area contributed by atoms with E-state index in [1.807, 2.05) is 23.5 Å². The lowest BCUT2D eigenvalue weighted by Crippen LogP contribution is -2.51. The van der Waals surface area contributed by atoms with Gasteiger partial charge < -0.3 is 10.2 Å². The first-order valence-electron chi connectivity index (χ1n) is 6.53. The molecule has 0 spiro atoms. The van der Waals surface area contributed by atoms with Gasteiger partial charge in [0.25, 0.3) is 0 Å². The van der Waals surface area contributed by atoms with Crippen molar-refractivity contribution < 1.29 is 0 Å². The van der Waals surface area contributed by atoms with Crippen LogP contribution >= 0.6 is 11.8 Å². The molecule has 1 fully saturated rings. The molecule has 0 atom stereocenters. The van der Waals surface area contributed by atoms with Crippen LogP contribution in [-0.4, -0.2) is 62.8 Å². The molecule has 0 amide bonds. The summed E-state index contributed by atoms with van der Waals surface area (Å²) in [6, 6.07) is 0. The maximum atomic E-state index is 4.37. The Morgan fingerprint density at radius 1 is 1.53 bits per heavy atom. The average Bonchev–Trinajstić information content (AvgIpc) is 2.86. The fourth-order valence-corrected chi connectivity index (χ4v) is 3.27. The van der Waals surface area contributed by atoms with Gasteiger partial charge in [-0.1, -0.05) is 0 Å². The molecule has 1 aromatic heterocycles. The summed E-state index contributed by atoms with van der Waals surface area (Å²) in [7, 11) is 1.84. The van der Waals surface area contributed by atoms with Crippen molar-refractivity contribution in [1.82, 2.24) is 25.0 Å². The average molecular weight is 282 g/mol. The number of nitrogens with one attached hydrogen (secondary N) is 1. The van der Waals surface area contributed by atoms with Crippen molar-refractivity contribution >= 4 is 17.7 Å². The first-order chi connectivity index (χ1) is 9.11. The molecule has 0 aliphatic carbocycles. The summed E-state index contributed by atoms with van der Waals surface area (Å²) < 4.78 is 2.11. The van der Waals surface area contributed by atoms with E-state index in [1.54, 1.807) is 12.7 Å². The molecule has 106 valence electrons. The third-order valence-corrected chi connectivity index (χ3v) is 4.32. The van der Waals surface area contributed by atoms with E-state index in [0.717, 1.165) is 37.9 Å². The van der Waals surface area contributed by atoms with Crippen LogP contribution in [0.15, 0.2) is 17.6 Å². The molecule has 1 aliphatic rings. The monoisotopic (exact) mass is 282 g/mol. The highest BCUT2D eigenvalue weighted by atomic mass is 32.2. The van der Waals surface area contributed by atoms with Crippen LogP contribution < -0.4 is 5.32 Å². The molecule has 1 aromatic rings. The Hall–Kier alpha value is -1.24. The van der Waals surface area contributed by atoms with Crippen molar-refractivity contribution in [3.05, 3.63) is 12.7 Å². The van der Waals surface area contributed by atoms with Crippen molar-refractivity contribution in [2.45, 2.75) is 25.1 Å². The zero-order valence-electron chi connectivity index (χ0n) is 11.8. The molecule has 0 aromatic carbocycles. The largest absolute Gasteiger partial charge is 0.354 e. The Morgan fingerprint density at radius 2 is 2.37 bits per heavy atom. The number of hydrogen-bond donors (Lipinski definition) is 1. The highest BCUT2D eigenvalue weighted by molar-refractivity contribution is 8.00. The molecule has 7 heteroatoms. The molecule has 2 heterocycles. The van der Waals surface area contributed by atoms with Gasteiger partial charge in [0.05, 0.1) is 6.54 Å². The van der Waals surface area contributed by atoms with E-state index in [4.69, 9.17) is 0 Å². The van der Waals surface area contributed by atoms with Gasteiger partial charge in [-0.25, -0.2) is 4.98 Å². The number of hydrogen-bond acceptors (Lipinski definition) is 4. The SMILES string of the molecule is CN=C(NCCn1cncn1)N1CCSC(C)(C)C1. The first-order valence-corrected chi connectivity index (χ1v) is 7.51. The lowest BCUT2D eigenvalue weighted by molar-refractivity contribution is 0.374. The molecule has 1 N–H and O–H groups in total. The molecule has 0 bridgehead atoms. The minimum atomic E-state index is 0.293. The van der Waals surface area contributed by atoms with Crippen molar-refractivity contribution in [1.29, 1.82) is 0 Å². The third-order valence-electron chi connectivity index (χ3n) is 3.03. The minimum absolute atomic E-state index is 0.293. The van der Waals surface area contributed by atoms with E-state index in [0.29, 0.717) is 4.75 Å². The second-order valence-electron chi connectivity index (χ2n) is 5.16. The van der Waals surface area contributed by atoms with Gasteiger partial charge in [-0.3, -0.25) is 9.67 Å². The summed E-state index contributed by atoms with van der Waals surface area (Å²) in [6.45, 7) is 8.25. The van der Waals surface area contributed by atoms with E-state index in [1.165, 1.54) is 0 Å². The molecule has 19 heavy (non-hydrogen) atoms. The molecule has 0 unspecified atom stereocenters. The molecular formula is C12H22N6S.